The highest BCUT2D eigenvalue weighted by atomic mass is 16.3. The lowest BCUT2D eigenvalue weighted by Crippen LogP contribution is -2.67. The van der Waals surface area contributed by atoms with Gasteiger partial charge in [0.05, 0.1) is 5.60 Å². The first kappa shape index (κ1) is 17.9. The number of hydrogen-bond donors (Lipinski definition) is 3. The van der Waals surface area contributed by atoms with Gasteiger partial charge >= 0.3 is 0 Å². The van der Waals surface area contributed by atoms with Crippen molar-refractivity contribution in [2.75, 3.05) is 6.61 Å². The van der Waals surface area contributed by atoms with Crippen molar-refractivity contribution in [2.24, 2.45) is 28.6 Å². The summed E-state index contributed by atoms with van der Waals surface area (Å²) >= 11 is 0. The van der Waals surface area contributed by atoms with Crippen molar-refractivity contribution >= 4 is 5.78 Å². The third kappa shape index (κ3) is 2.02. The van der Waals surface area contributed by atoms with Gasteiger partial charge in [0.25, 0.3) is 0 Å². The molecule has 142 valence electrons. The monoisotopic (exact) mass is 350 g/mol. The molecule has 0 aromatic carbocycles. The Labute approximate surface area is 151 Å². The number of carbonyl (C=O) groups excluding carboxylic acids is 1. The van der Waals surface area contributed by atoms with Crippen molar-refractivity contribution in [1.29, 1.82) is 0 Å². The lowest BCUT2D eigenvalue weighted by atomic mass is 9.42. The second-order valence-electron chi connectivity index (χ2n) is 9.97. The third-order valence-electron chi connectivity index (χ3n) is 9.52. The highest BCUT2D eigenvalue weighted by Crippen LogP contribution is 2.69. The van der Waals surface area contributed by atoms with E-state index in [0.29, 0.717) is 25.2 Å². The molecular weight excluding hydrogens is 316 g/mol. The summed E-state index contributed by atoms with van der Waals surface area (Å²) in [6.07, 6.45) is 9.58. The van der Waals surface area contributed by atoms with Crippen LogP contribution in [0.1, 0.15) is 78.1 Å². The standard InChI is InChI=1S/C21H34O4/c1-18-9-4-3-5-14(18)6-7-16-15-8-10-21(25,17(23)13-22)19(15,2)11-12-20(16,18)24/h14-16,22,24-25H,3-13H2,1-2H3/t14?,15-,16-,18-,19-,20+,21-/m0/s1. The quantitative estimate of drug-likeness (QED) is 0.716. The number of carbonyl (C=O) groups is 1. The fourth-order valence-corrected chi connectivity index (χ4v) is 7.84. The Morgan fingerprint density at radius 1 is 0.880 bits per heavy atom. The van der Waals surface area contributed by atoms with Crippen LogP contribution in [0, 0.1) is 28.6 Å². The van der Waals surface area contributed by atoms with E-state index in [2.05, 4.69) is 6.92 Å². The summed E-state index contributed by atoms with van der Waals surface area (Å²) in [5.41, 5.74) is -2.61. The molecule has 0 bridgehead atoms. The molecule has 4 heteroatoms. The van der Waals surface area contributed by atoms with E-state index in [4.69, 9.17) is 0 Å². The summed E-state index contributed by atoms with van der Waals surface area (Å²) in [6.45, 7) is 3.76. The van der Waals surface area contributed by atoms with Crippen LogP contribution < -0.4 is 0 Å². The van der Waals surface area contributed by atoms with E-state index in [1.165, 1.54) is 25.7 Å². The summed E-state index contributed by atoms with van der Waals surface area (Å²) in [6, 6.07) is 0. The molecule has 0 aromatic heterocycles. The number of ketones is 1. The second kappa shape index (κ2) is 5.53. The predicted molar refractivity (Wildman–Crippen MR) is 94.8 cm³/mol. The average molecular weight is 350 g/mol. The van der Waals surface area contributed by atoms with Crippen LogP contribution in [0.3, 0.4) is 0 Å². The zero-order chi connectivity index (χ0) is 18.1. The molecular formula is C21H34O4. The smallest absolute Gasteiger partial charge is 0.190 e. The van der Waals surface area contributed by atoms with E-state index in [1.54, 1.807) is 0 Å². The highest BCUT2D eigenvalue weighted by Gasteiger charge is 2.70. The minimum Gasteiger partial charge on any atom is -0.389 e. The van der Waals surface area contributed by atoms with E-state index in [0.717, 1.165) is 19.3 Å². The molecule has 4 fully saturated rings. The molecule has 0 amide bonds. The second-order valence-corrected chi connectivity index (χ2v) is 9.97. The van der Waals surface area contributed by atoms with Gasteiger partial charge < -0.3 is 15.3 Å². The molecule has 1 unspecified atom stereocenters. The molecule has 7 atom stereocenters. The minimum atomic E-state index is -1.42. The number of rotatable bonds is 2. The van der Waals surface area contributed by atoms with E-state index in [1.807, 2.05) is 6.92 Å². The van der Waals surface area contributed by atoms with Crippen molar-refractivity contribution in [3.8, 4) is 0 Å². The summed E-state index contributed by atoms with van der Waals surface area (Å²) in [4.78, 5) is 12.4. The Balaban J connectivity index is 1.71. The predicted octanol–water partition coefficient (Wildman–Crippen LogP) is 2.83. The first-order valence-corrected chi connectivity index (χ1v) is 10.3. The molecule has 3 N–H and O–H groups in total. The first-order valence-electron chi connectivity index (χ1n) is 10.3. The maximum atomic E-state index is 12.4. The van der Waals surface area contributed by atoms with Gasteiger partial charge in [0.15, 0.2) is 5.78 Å². The molecule has 4 aliphatic rings. The van der Waals surface area contributed by atoms with Crippen LogP contribution in [0.4, 0.5) is 0 Å². The molecule has 0 saturated heterocycles. The molecule has 4 nitrogen and oxygen atoms in total. The van der Waals surface area contributed by atoms with Crippen molar-refractivity contribution < 1.29 is 20.1 Å². The fraction of sp³-hybridized carbons (Fsp3) is 0.952. The Morgan fingerprint density at radius 3 is 2.36 bits per heavy atom. The number of fused-ring (bicyclic) bond motifs is 5. The van der Waals surface area contributed by atoms with Crippen LogP contribution in [0.25, 0.3) is 0 Å². The van der Waals surface area contributed by atoms with Gasteiger partial charge in [-0.15, -0.1) is 0 Å². The average Bonchev–Trinajstić information content (AvgIpc) is 2.87. The molecule has 0 radical (unpaired) electrons. The lowest BCUT2D eigenvalue weighted by molar-refractivity contribution is -0.244. The van der Waals surface area contributed by atoms with E-state index >= 15 is 0 Å². The molecule has 25 heavy (non-hydrogen) atoms. The molecule has 0 aromatic rings. The van der Waals surface area contributed by atoms with Gasteiger partial charge in [-0.3, -0.25) is 4.79 Å². The van der Waals surface area contributed by atoms with Crippen LogP contribution in [0.15, 0.2) is 0 Å². The van der Waals surface area contributed by atoms with Crippen molar-refractivity contribution in [2.45, 2.75) is 89.3 Å². The normalized spacial score (nSPS) is 55.2. The maximum Gasteiger partial charge on any atom is 0.190 e. The van der Waals surface area contributed by atoms with Crippen molar-refractivity contribution in [1.82, 2.24) is 0 Å². The van der Waals surface area contributed by atoms with Crippen LogP contribution in [-0.4, -0.2) is 38.9 Å². The van der Waals surface area contributed by atoms with Gasteiger partial charge in [-0.2, -0.15) is 0 Å². The molecule has 0 aliphatic heterocycles. The summed E-state index contributed by atoms with van der Waals surface area (Å²) in [7, 11) is 0. The number of hydrogen-bond acceptors (Lipinski definition) is 4. The summed E-state index contributed by atoms with van der Waals surface area (Å²) in [5, 5.41) is 32.5. The highest BCUT2D eigenvalue weighted by molar-refractivity contribution is 5.89. The topological polar surface area (TPSA) is 77.8 Å². The van der Waals surface area contributed by atoms with Gasteiger partial charge in [0, 0.05) is 5.41 Å². The zero-order valence-corrected chi connectivity index (χ0v) is 15.8. The van der Waals surface area contributed by atoms with Crippen molar-refractivity contribution in [3.05, 3.63) is 0 Å². The van der Waals surface area contributed by atoms with E-state index in [-0.39, 0.29) is 17.3 Å². The number of aliphatic hydroxyl groups excluding tert-OH is 1. The molecule has 4 saturated carbocycles. The fourth-order valence-electron chi connectivity index (χ4n) is 7.84. The van der Waals surface area contributed by atoms with Gasteiger partial charge in [0.2, 0.25) is 0 Å². The van der Waals surface area contributed by atoms with Gasteiger partial charge in [-0.1, -0.05) is 26.7 Å². The zero-order valence-electron chi connectivity index (χ0n) is 15.8. The van der Waals surface area contributed by atoms with Crippen LogP contribution >= 0.6 is 0 Å². The Bertz CT molecular complexity index is 576. The Morgan fingerprint density at radius 2 is 1.64 bits per heavy atom. The third-order valence-corrected chi connectivity index (χ3v) is 9.52. The lowest BCUT2D eigenvalue weighted by Gasteiger charge is -2.65. The van der Waals surface area contributed by atoms with Crippen LogP contribution in [-0.2, 0) is 4.79 Å². The number of aliphatic hydroxyl groups is 3. The Hall–Kier alpha value is -0.450. The van der Waals surface area contributed by atoms with Crippen molar-refractivity contribution in [3.63, 3.8) is 0 Å². The van der Waals surface area contributed by atoms with Crippen LogP contribution in [0.5, 0.6) is 0 Å². The van der Waals surface area contributed by atoms with E-state index in [9.17, 15) is 20.1 Å². The van der Waals surface area contributed by atoms with Gasteiger partial charge in [-0.25, -0.2) is 0 Å². The summed E-state index contributed by atoms with van der Waals surface area (Å²) in [5.74, 6) is 0.532. The minimum absolute atomic E-state index is 0.0167. The van der Waals surface area contributed by atoms with Gasteiger partial charge in [0.1, 0.15) is 12.2 Å². The SMILES string of the molecule is C[C@]12CCCCC1CC[C@H]1[C@@H]3CC[C@](O)(C(=O)CO)[C@@]3(C)CC[C@@]12O. The van der Waals surface area contributed by atoms with Gasteiger partial charge in [-0.05, 0) is 74.5 Å². The van der Waals surface area contributed by atoms with Crippen LogP contribution in [0.2, 0.25) is 0 Å². The molecule has 0 spiro atoms. The van der Waals surface area contributed by atoms with E-state index < -0.39 is 29.0 Å². The molecule has 4 rings (SSSR count). The molecule has 0 heterocycles. The Kier molecular flexibility index (Phi) is 3.97. The maximum absolute atomic E-state index is 12.4. The molecule has 4 aliphatic carbocycles. The first-order chi connectivity index (χ1) is 11.7. The summed E-state index contributed by atoms with van der Waals surface area (Å²) < 4.78 is 0. The largest absolute Gasteiger partial charge is 0.389 e. The number of Topliss-reactive ketones (excluding diaryl/α,β-unsaturated/α-hetero) is 1.